The first-order chi connectivity index (χ1) is 7.74. The average molecular weight is 223 g/mol. The van der Waals surface area contributed by atoms with Crippen LogP contribution in [0.15, 0.2) is 11.8 Å². The summed E-state index contributed by atoms with van der Waals surface area (Å²) in [5, 5.41) is 3.49. The fraction of sp³-hybridized carbons (Fsp3) is 0.786. The van der Waals surface area contributed by atoms with Gasteiger partial charge in [0.15, 0.2) is 0 Å². The highest BCUT2D eigenvalue weighted by Crippen LogP contribution is 2.22. The van der Waals surface area contributed by atoms with Gasteiger partial charge in [0.2, 0.25) is 0 Å². The van der Waals surface area contributed by atoms with Crippen LogP contribution in [0.4, 0.5) is 0 Å². The molecule has 2 nitrogen and oxygen atoms in total. The Kier molecular flexibility index (Phi) is 6.20. The van der Waals surface area contributed by atoms with Gasteiger partial charge in [0, 0.05) is 11.7 Å². The molecule has 2 heteroatoms. The molecular formula is C14H25NO. The first kappa shape index (κ1) is 13.3. The summed E-state index contributed by atoms with van der Waals surface area (Å²) in [6.07, 6.45) is 11.9. The maximum atomic E-state index is 10.4. The molecule has 1 aliphatic carbocycles. The van der Waals surface area contributed by atoms with Crippen LogP contribution in [0.2, 0.25) is 0 Å². The minimum absolute atomic E-state index is 0.550. The summed E-state index contributed by atoms with van der Waals surface area (Å²) < 4.78 is 0. The molecule has 1 aliphatic rings. The van der Waals surface area contributed by atoms with E-state index in [1.165, 1.54) is 44.9 Å². The Bertz CT molecular complexity index is 235. The lowest BCUT2D eigenvalue weighted by molar-refractivity contribution is -0.104. The molecular weight excluding hydrogens is 198 g/mol. The second-order valence-corrected chi connectivity index (χ2v) is 5.06. The number of rotatable bonds is 3. The Morgan fingerprint density at radius 1 is 1.12 bits per heavy atom. The van der Waals surface area contributed by atoms with E-state index in [4.69, 9.17) is 0 Å². The highest BCUT2D eigenvalue weighted by Gasteiger charge is 2.17. The van der Waals surface area contributed by atoms with Crippen LogP contribution in [0.5, 0.6) is 0 Å². The largest absolute Gasteiger partial charge is 0.385 e. The lowest BCUT2D eigenvalue weighted by Gasteiger charge is -2.25. The smallest absolute Gasteiger partial charge is 0.144 e. The summed E-state index contributed by atoms with van der Waals surface area (Å²) in [5.74, 6) is 0.716. The van der Waals surface area contributed by atoms with Crippen LogP contribution < -0.4 is 5.32 Å². The lowest BCUT2D eigenvalue weighted by Crippen LogP contribution is -2.33. The van der Waals surface area contributed by atoms with Gasteiger partial charge in [0.1, 0.15) is 6.29 Å². The topological polar surface area (TPSA) is 29.1 Å². The van der Waals surface area contributed by atoms with Crippen molar-refractivity contribution in [2.24, 2.45) is 5.92 Å². The number of hydrogen-bond acceptors (Lipinski definition) is 2. The lowest BCUT2D eigenvalue weighted by atomic mass is 9.93. The van der Waals surface area contributed by atoms with E-state index < -0.39 is 0 Å². The average Bonchev–Trinajstić information content (AvgIpc) is 2.34. The Hall–Kier alpha value is -0.790. The molecule has 2 atom stereocenters. The Morgan fingerprint density at radius 2 is 1.75 bits per heavy atom. The van der Waals surface area contributed by atoms with Gasteiger partial charge in [0.25, 0.3) is 0 Å². The van der Waals surface area contributed by atoms with Crippen molar-refractivity contribution in [2.45, 2.75) is 64.8 Å². The fourth-order valence-electron chi connectivity index (χ4n) is 2.50. The van der Waals surface area contributed by atoms with E-state index in [1.807, 2.05) is 6.92 Å². The molecule has 0 saturated heterocycles. The second-order valence-electron chi connectivity index (χ2n) is 5.06. The molecule has 92 valence electrons. The van der Waals surface area contributed by atoms with Crippen LogP contribution in [0.1, 0.15) is 58.8 Å². The molecule has 0 heterocycles. The van der Waals surface area contributed by atoms with Crippen molar-refractivity contribution >= 4 is 6.29 Å². The van der Waals surface area contributed by atoms with Gasteiger partial charge >= 0.3 is 0 Å². The summed E-state index contributed by atoms with van der Waals surface area (Å²) in [6.45, 7) is 4.31. The van der Waals surface area contributed by atoms with Gasteiger partial charge in [0.05, 0.1) is 0 Å². The number of aldehydes is 1. The number of allylic oxidation sites excluding steroid dienone is 2. The van der Waals surface area contributed by atoms with Crippen molar-refractivity contribution in [1.29, 1.82) is 0 Å². The molecule has 0 aromatic rings. The van der Waals surface area contributed by atoms with Crippen LogP contribution in [-0.2, 0) is 4.79 Å². The molecule has 0 aliphatic heterocycles. The van der Waals surface area contributed by atoms with E-state index in [9.17, 15) is 4.79 Å². The molecule has 1 rings (SSSR count). The van der Waals surface area contributed by atoms with Crippen LogP contribution >= 0.6 is 0 Å². The Labute approximate surface area is 99.5 Å². The molecule has 1 N–H and O–H groups in total. The molecule has 16 heavy (non-hydrogen) atoms. The van der Waals surface area contributed by atoms with Gasteiger partial charge in [-0.2, -0.15) is 0 Å². The summed E-state index contributed by atoms with van der Waals surface area (Å²) in [4.78, 5) is 10.4. The van der Waals surface area contributed by atoms with E-state index in [0.717, 1.165) is 12.0 Å². The van der Waals surface area contributed by atoms with E-state index in [1.54, 1.807) is 6.08 Å². The van der Waals surface area contributed by atoms with Gasteiger partial charge < -0.3 is 5.32 Å². The van der Waals surface area contributed by atoms with Crippen molar-refractivity contribution in [3.8, 4) is 0 Å². The van der Waals surface area contributed by atoms with Crippen molar-refractivity contribution in [2.75, 3.05) is 0 Å². The van der Waals surface area contributed by atoms with Crippen molar-refractivity contribution in [1.82, 2.24) is 5.32 Å². The predicted octanol–water partition coefficient (Wildman–Crippen LogP) is 3.43. The number of carbonyl (C=O) groups excluding carboxylic acids is 1. The first-order valence-corrected chi connectivity index (χ1v) is 6.62. The van der Waals surface area contributed by atoms with Crippen LogP contribution in [0, 0.1) is 5.92 Å². The van der Waals surface area contributed by atoms with E-state index in [0.29, 0.717) is 12.0 Å². The fourth-order valence-corrected chi connectivity index (χ4v) is 2.50. The van der Waals surface area contributed by atoms with Crippen molar-refractivity contribution in [3.63, 3.8) is 0 Å². The highest BCUT2D eigenvalue weighted by molar-refractivity contribution is 5.65. The van der Waals surface area contributed by atoms with Gasteiger partial charge in [-0.3, -0.25) is 4.79 Å². The molecule has 0 aromatic heterocycles. The molecule has 1 saturated carbocycles. The summed E-state index contributed by atoms with van der Waals surface area (Å²) in [7, 11) is 0. The van der Waals surface area contributed by atoms with E-state index >= 15 is 0 Å². The SMILES string of the molecule is CC(=CC=O)NC1CCCCCCCC1C. The summed E-state index contributed by atoms with van der Waals surface area (Å²) in [6, 6.07) is 0.550. The molecule has 0 amide bonds. The number of hydrogen-bond donors (Lipinski definition) is 1. The third-order valence-electron chi connectivity index (χ3n) is 3.59. The predicted molar refractivity (Wildman–Crippen MR) is 68.2 cm³/mol. The van der Waals surface area contributed by atoms with E-state index in [-0.39, 0.29) is 0 Å². The standard InChI is InChI=1S/C14H25NO/c1-12-8-6-4-3-5-7-9-14(12)15-13(2)10-11-16/h10-12,14-15H,3-9H2,1-2H3. The Morgan fingerprint density at radius 3 is 2.44 bits per heavy atom. The Balaban J connectivity index is 2.51. The molecule has 2 unspecified atom stereocenters. The normalized spacial score (nSPS) is 28.8. The minimum atomic E-state index is 0.550. The van der Waals surface area contributed by atoms with Crippen LogP contribution in [0.25, 0.3) is 0 Å². The minimum Gasteiger partial charge on any atom is -0.385 e. The highest BCUT2D eigenvalue weighted by atomic mass is 16.1. The van der Waals surface area contributed by atoms with Crippen molar-refractivity contribution in [3.05, 3.63) is 11.8 Å². The van der Waals surface area contributed by atoms with Crippen molar-refractivity contribution < 1.29 is 4.79 Å². The zero-order chi connectivity index (χ0) is 11.8. The zero-order valence-electron chi connectivity index (χ0n) is 10.7. The second kappa shape index (κ2) is 7.48. The third-order valence-corrected chi connectivity index (χ3v) is 3.59. The number of carbonyl (C=O) groups is 1. The molecule has 0 radical (unpaired) electrons. The maximum Gasteiger partial charge on any atom is 0.144 e. The zero-order valence-corrected chi connectivity index (χ0v) is 10.7. The third kappa shape index (κ3) is 4.82. The molecule has 0 aromatic carbocycles. The van der Waals surface area contributed by atoms with Crippen LogP contribution in [0.3, 0.4) is 0 Å². The summed E-state index contributed by atoms with van der Waals surface area (Å²) in [5.41, 5.74) is 1.01. The summed E-state index contributed by atoms with van der Waals surface area (Å²) >= 11 is 0. The molecule has 0 spiro atoms. The maximum absolute atomic E-state index is 10.4. The number of nitrogens with one attached hydrogen (secondary N) is 1. The quantitative estimate of drug-likeness (QED) is 0.586. The van der Waals surface area contributed by atoms with Gasteiger partial charge in [-0.05, 0) is 31.8 Å². The molecule has 0 bridgehead atoms. The van der Waals surface area contributed by atoms with E-state index in [2.05, 4.69) is 12.2 Å². The van der Waals surface area contributed by atoms with Gasteiger partial charge in [-0.15, -0.1) is 0 Å². The first-order valence-electron chi connectivity index (χ1n) is 6.62. The van der Waals surface area contributed by atoms with Crippen LogP contribution in [-0.4, -0.2) is 12.3 Å². The van der Waals surface area contributed by atoms with Gasteiger partial charge in [-0.25, -0.2) is 0 Å². The molecule has 1 fully saturated rings. The monoisotopic (exact) mass is 223 g/mol. The van der Waals surface area contributed by atoms with Gasteiger partial charge in [-0.1, -0.05) is 39.0 Å².